The van der Waals surface area contributed by atoms with Gasteiger partial charge in [-0.1, -0.05) is 25.9 Å². The fourth-order valence-corrected chi connectivity index (χ4v) is 13.8. The molecule has 44 valence electrons. The quantitative estimate of drug-likeness (QED) is 0.362. The second-order valence-electron chi connectivity index (χ2n) is 2.06. The van der Waals surface area contributed by atoms with Gasteiger partial charge in [-0.3, -0.25) is 0 Å². The van der Waals surface area contributed by atoms with Gasteiger partial charge in [-0.2, -0.15) is 0 Å². The van der Waals surface area contributed by atoms with Crippen molar-refractivity contribution in [1.82, 2.24) is 0 Å². The van der Waals surface area contributed by atoms with Crippen molar-refractivity contribution in [2.45, 2.75) is 25.9 Å². The molecule has 0 aromatic carbocycles. The summed E-state index contributed by atoms with van der Waals surface area (Å²) in [6.45, 7) is 4.80. The molecule has 0 aromatic rings. The third-order valence-electron chi connectivity index (χ3n) is 1.21. The lowest BCUT2D eigenvalue weighted by molar-refractivity contribution is 1.08. The molecule has 0 aliphatic rings. The maximum Gasteiger partial charge on any atom is 0.00491 e. The van der Waals surface area contributed by atoms with Crippen LogP contribution in [0.25, 0.3) is 0 Å². The van der Waals surface area contributed by atoms with E-state index in [4.69, 9.17) is 0 Å². The van der Waals surface area contributed by atoms with Gasteiger partial charge in [0.05, 0.1) is 0 Å². The van der Waals surface area contributed by atoms with E-state index in [0.29, 0.717) is 26.6 Å². The number of hydrogen-bond acceptors (Lipinski definition) is 0. The van der Waals surface area contributed by atoms with Crippen molar-refractivity contribution in [1.29, 1.82) is 0 Å². The zero-order valence-corrected chi connectivity index (χ0v) is 9.78. The lowest BCUT2D eigenvalue weighted by Gasteiger charge is -1.87. The summed E-state index contributed by atoms with van der Waals surface area (Å²) >= 11 is 0. The van der Waals surface area contributed by atoms with E-state index in [9.17, 15) is 0 Å². The maximum absolute atomic E-state index is 2.48. The fourth-order valence-electron chi connectivity index (χ4n) is 0.677. The Balaban J connectivity index is 2.45. The van der Waals surface area contributed by atoms with Crippen LogP contribution in [0.1, 0.15) is 13.3 Å². The molecule has 0 aliphatic heterocycles. The van der Waals surface area contributed by atoms with Crippen LogP contribution in [-0.4, -0.2) is 26.6 Å². The van der Waals surface area contributed by atoms with E-state index < -0.39 is 0 Å². The lowest BCUT2D eigenvalue weighted by atomic mass is 10.6. The molecule has 0 atom stereocenters. The highest BCUT2D eigenvalue weighted by Gasteiger charge is 1.83. The first-order chi connectivity index (χ1) is 3.41. The molecule has 0 nitrogen and oxygen atoms in total. The minimum Gasteiger partial charge on any atom is -0.0773 e. The van der Waals surface area contributed by atoms with Crippen molar-refractivity contribution in [3.05, 3.63) is 0 Å². The van der Waals surface area contributed by atoms with E-state index in [1.54, 1.807) is 6.04 Å². The van der Waals surface area contributed by atoms with Crippen molar-refractivity contribution in [2.24, 2.45) is 0 Å². The second kappa shape index (κ2) is 6.65. The van der Waals surface area contributed by atoms with Crippen molar-refractivity contribution >= 4 is 26.6 Å². The average Bonchev–Trinajstić information content (AvgIpc) is 1.69. The summed E-state index contributed by atoms with van der Waals surface area (Å²) < 4.78 is 0. The van der Waals surface area contributed by atoms with Crippen LogP contribution in [0, 0.1) is 0 Å². The van der Waals surface area contributed by atoms with Crippen molar-refractivity contribution in [3.63, 3.8) is 0 Å². The Bertz CT molecular complexity index is 26.1. The normalized spacial score (nSPS) is 14.6. The molecular weight excluding hydrogens is 132 g/mol. The van der Waals surface area contributed by atoms with Gasteiger partial charge in [-0.15, -0.1) is 0 Å². The number of rotatable bonds is 4. The fraction of sp³-hybridized carbons (Fsp3) is 1.00. The zero-order valence-electron chi connectivity index (χ0n) is 5.54. The van der Waals surface area contributed by atoms with Crippen LogP contribution in [0.5, 0.6) is 0 Å². The third kappa shape index (κ3) is 6.65. The van der Waals surface area contributed by atoms with E-state index in [1.807, 2.05) is 0 Å². The first-order valence-electron chi connectivity index (χ1n) is 3.41. The van der Waals surface area contributed by atoms with Gasteiger partial charge in [-0.05, 0) is 8.55 Å². The van der Waals surface area contributed by atoms with Crippen molar-refractivity contribution in [2.75, 3.05) is 0 Å². The van der Waals surface area contributed by atoms with E-state index in [0.717, 1.165) is 0 Å². The van der Waals surface area contributed by atoms with Crippen LogP contribution >= 0.6 is 0 Å². The minimum atomic E-state index is 0.594. The summed E-state index contributed by atoms with van der Waals surface area (Å²) in [5.74, 6) is 0. The van der Waals surface area contributed by atoms with Gasteiger partial charge in [0.25, 0.3) is 0 Å². The molecule has 0 aliphatic carbocycles. The molecule has 0 saturated heterocycles. The smallest absolute Gasteiger partial charge is 0.00491 e. The third-order valence-corrected chi connectivity index (χ3v) is 19.6. The summed E-state index contributed by atoms with van der Waals surface area (Å²) in [5, 5.41) is 0. The molecule has 0 rings (SSSR count). The first kappa shape index (κ1) is 7.65. The topological polar surface area (TPSA) is 0 Å². The van der Waals surface area contributed by atoms with Gasteiger partial charge in [0.15, 0.2) is 0 Å². The molecule has 0 spiro atoms. The predicted octanol–water partition coefficient (Wildman–Crippen LogP) is -0.801. The van der Waals surface area contributed by atoms with Crippen LogP contribution < -0.4 is 0 Å². The summed E-state index contributed by atoms with van der Waals surface area (Å²) in [5.41, 5.74) is 0. The van der Waals surface area contributed by atoms with Crippen molar-refractivity contribution in [3.8, 4) is 0 Å². The molecule has 0 fully saturated rings. The summed E-state index contributed by atoms with van der Waals surface area (Å²) in [6.07, 6.45) is 1.48. The lowest BCUT2D eigenvalue weighted by Crippen LogP contribution is -2.07. The van der Waals surface area contributed by atoms with E-state index in [2.05, 4.69) is 13.5 Å². The molecule has 0 amide bonds. The van der Waals surface area contributed by atoms with Gasteiger partial charge < -0.3 is 0 Å². The molecule has 0 unspecified atom stereocenters. The standard InChI is InChI=1S/C4H16Si3/c1-3-4-6-7-5-2/h3-7H2,1-2H3. The van der Waals surface area contributed by atoms with Gasteiger partial charge >= 0.3 is 0 Å². The first-order valence-corrected chi connectivity index (χ1v) is 13.8. The highest BCUT2D eigenvalue weighted by molar-refractivity contribution is 7.29. The number of hydrogen-bond donors (Lipinski definition) is 0. The van der Waals surface area contributed by atoms with Crippen LogP contribution in [0.4, 0.5) is 0 Å². The molecule has 3 heteroatoms. The Kier molecular flexibility index (Phi) is 7.27. The molecule has 0 bridgehead atoms. The maximum atomic E-state index is 2.48. The van der Waals surface area contributed by atoms with Gasteiger partial charge in [0, 0.05) is 18.1 Å². The van der Waals surface area contributed by atoms with Gasteiger partial charge in [0.1, 0.15) is 0 Å². The Labute approximate surface area is 53.1 Å². The zero-order chi connectivity index (χ0) is 5.54. The average molecular weight is 148 g/mol. The summed E-state index contributed by atoms with van der Waals surface area (Å²) in [4.78, 5) is 0. The van der Waals surface area contributed by atoms with Crippen LogP contribution in [0.3, 0.4) is 0 Å². The molecule has 0 saturated carbocycles. The Hall–Kier alpha value is 0.651. The molecule has 0 aromatic heterocycles. The predicted molar refractivity (Wildman–Crippen MR) is 46.6 cm³/mol. The summed E-state index contributed by atoms with van der Waals surface area (Å²) in [6, 6.07) is 1.66. The van der Waals surface area contributed by atoms with E-state index in [-0.39, 0.29) is 0 Å². The Morgan fingerprint density at radius 1 is 1.43 bits per heavy atom. The molecule has 7 heavy (non-hydrogen) atoms. The second-order valence-corrected chi connectivity index (χ2v) is 18.8. The molecule has 0 radical (unpaired) electrons. The SMILES string of the molecule is CCC[SiH2][SiH2][SiH2]C. The van der Waals surface area contributed by atoms with E-state index >= 15 is 0 Å². The van der Waals surface area contributed by atoms with Gasteiger partial charge in [-0.25, -0.2) is 0 Å². The summed E-state index contributed by atoms with van der Waals surface area (Å²) in [7, 11) is 1.89. The Morgan fingerprint density at radius 2 is 2.14 bits per heavy atom. The molecule has 0 heterocycles. The van der Waals surface area contributed by atoms with Crippen LogP contribution in [-0.2, 0) is 0 Å². The van der Waals surface area contributed by atoms with Crippen LogP contribution in [0.15, 0.2) is 0 Å². The minimum absolute atomic E-state index is 0.594. The Morgan fingerprint density at radius 3 is 2.57 bits per heavy atom. The monoisotopic (exact) mass is 148 g/mol. The highest BCUT2D eigenvalue weighted by atomic mass is 29.5. The molecular formula is C4H16Si3. The van der Waals surface area contributed by atoms with E-state index in [1.165, 1.54) is 6.42 Å². The van der Waals surface area contributed by atoms with Crippen LogP contribution in [0.2, 0.25) is 12.6 Å². The largest absolute Gasteiger partial charge is 0.0773 e. The highest BCUT2D eigenvalue weighted by Crippen LogP contribution is 1.81. The van der Waals surface area contributed by atoms with Gasteiger partial charge in [0.2, 0.25) is 0 Å². The van der Waals surface area contributed by atoms with Crippen molar-refractivity contribution < 1.29 is 0 Å². The molecule has 0 N–H and O–H groups in total.